The average Bonchev–Trinajstić information content (AvgIpc) is 3.47. The molecule has 0 aliphatic heterocycles. The van der Waals surface area contributed by atoms with Gasteiger partial charge in [0.25, 0.3) is 10.0 Å². The van der Waals surface area contributed by atoms with Crippen LogP contribution in [0.1, 0.15) is 29.6 Å². The fraction of sp³-hybridized carbons (Fsp3) is 0.138. The number of rotatable bonds is 4. The van der Waals surface area contributed by atoms with E-state index in [-0.39, 0.29) is 4.90 Å². The summed E-state index contributed by atoms with van der Waals surface area (Å²) in [5.74, 6) is 0.827. The fourth-order valence-corrected chi connectivity index (χ4v) is 6.53. The maximum absolute atomic E-state index is 13.8. The molecule has 3 aromatic carbocycles. The zero-order chi connectivity index (χ0) is 25.2. The zero-order valence-corrected chi connectivity index (χ0v) is 21.4. The fourth-order valence-electron chi connectivity index (χ4n) is 5.00. The van der Waals surface area contributed by atoms with Gasteiger partial charge in [-0.2, -0.15) is 0 Å². The van der Waals surface area contributed by atoms with Crippen LogP contribution in [0.4, 0.5) is 0 Å². The average molecular weight is 495 g/mol. The number of allylic oxidation sites excluding steroid dienone is 1. The molecule has 0 spiro atoms. The molecule has 180 valence electrons. The van der Waals surface area contributed by atoms with Crippen LogP contribution >= 0.6 is 0 Å². The third-order valence-corrected chi connectivity index (χ3v) is 8.53. The second-order valence-electron chi connectivity index (χ2n) is 9.16. The number of nitrogens with zero attached hydrogens (tertiary/aromatic N) is 4. The molecule has 3 heterocycles. The summed E-state index contributed by atoms with van der Waals surface area (Å²) < 4.78 is 33.3. The highest BCUT2D eigenvalue weighted by atomic mass is 32.2. The first-order valence-electron chi connectivity index (χ1n) is 11.9. The van der Waals surface area contributed by atoms with Crippen LogP contribution in [0.15, 0.2) is 83.9 Å². The van der Waals surface area contributed by atoms with E-state index in [9.17, 15) is 8.42 Å². The molecule has 0 aliphatic rings. The monoisotopic (exact) mass is 494 g/mol. The summed E-state index contributed by atoms with van der Waals surface area (Å²) >= 11 is 0. The predicted octanol–water partition coefficient (Wildman–Crippen LogP) is 6.43. The van der Waals surface area contributed by atoms with Gasteiger partial charge in [-0.15, -0.1) is 0 Å². The first-order chi connectivity index (χ1) is 17.3. The maximum atomic E-state index is 13.8. The maximum Gasteiger partial charge on any atom is 0.268 e. The van der Waals surface area contributed by atoms with Crippen molar-refractivity contribution in [2.45, 2.75) is 32.6 Å². The van der Waals surface area contributed by atoms with Gasteiger partial charge in [0.2, 0.25) is 5.78 Å². The molecule has 0 amide bonds. The molecule has 36 heavy (non-hydrogen) atoms. The third kappa shape index (κ3) is 3.16. The molecule has 0 aliphatic carbocycles. The van der Waals surface area contributed by atoms with Gasteiger partial charge in [0.05, 0.1) is 21.6 Å². The van der Waals surface area contributed by atoms with Crippen LogP contribution in [0.3, 0.4) is 0 Å². The number of imidazole rings is 2. The van der Waals surface area contributed by atoms with E-state index in [4.69, 9.17) is 4.98 Å². The first kappa shape index (κ1) is 22.4. The van der Waals surface area contributed by atoms with E-state index >= 15 is 0 Å². The highest BCUT2D eigenvalue weighted by Gasteiger charge is 2.24. The number of para-hydroxylation sites is 1. The van der Waals surface area contributed by atoms with E-state index in [1.54, 1.807) is 12.1 Å². The Hall–Kier alpha value is -4.10. The third-order valence-electron chi connectivity index (χ3n) is 6.79. The minimum absolute atomic E-state index is 0.271. The second kappa shape index (κ2) is 7.96. The summed E-state index contributed by atoms with van der Waals surface area (Å²) in [4.78, 5) is 5.14. The molecule has 6 rings (SSSR count). The lowest BCUT2D eigenvalue weighted by atomic mass is 10.1. The van der Waals surface area contributed by atoms with Crippen molar-refractivity contribution in [1.29, 1.82) is 0 Å². The molecule has 0 bridgehead atoms. The van der Waals surface area contributed by atoms with Crippen molar-refractivity contribution in [3.8, 4) is 5.69 Å². The standard InChI is InChI=1S/C29H26N4O2S/c1-5-8-26-21(4)31-18-20(3)32(29(31)30-26)22-13-16-28-25(17-22)24-9-6-7-10-27(24)33(28)36(34,35)23-14-11-19(2)12-15-23/h5-18H,1-4H3. The van der Waals surface area contributed by atoms with Crippen LogP contribution in [0, 0.1) is 20.8 Å². The van der Waals surface area contributed by atoms with E-state index < -0.39 is 10.0 Å². The van der Waals surface area contributed by atoms with Crippen LogP contribution in [-0.2, 0) is 10.0 Å². The molecule has 0 atom stereocenters. The van der Waals surface area contributed by atoms with Gasteiger partial charge in [0.15, 0.2) is 0 Å². The van der Waals surface area contributed by atoms with Crippen LogP contribution < -0.4 is 0 Å². The first-order valence-corrected chi connectivity index (χ1v) is 13.3. The topological polar surface area (TPSA) is 61.3 Å². The van der Waals surface area contributed by atoms with Crippen molar-refractivity contribution < 1.29 is 8.42 Å². The van der Waals surface area contributed by atoms with Crippen LogP contribution in [0.25, 0.3) is 39.3 Å². The van der Waals surface area contributed by atoms with Gasteiger partial charge in [-0.25, -0.2) is 17.4 Å². The van der Waals surface area contributed by atoms with Crippen LogP contribution in [0.5, 0.6) is 0 Å². The smallest absolute Gasteiger partial charge is 0.268 e. The van der Waals surface area contributed by atoms with Crippen molar-refractivity contribution in [1.82, 2.24) is 17.9 Å². The Morgan fingerprint density at radius 1 is 0.861 bits per heavy atom. The summed E-state index contributed by atoms with van der Waals surface area (Å²) in [6.07, 6.45) is 6.08. The number of aromatic nitrogens is 4. The molecule has 0 saturated heterocycles. The van der Waals surface area contributed by atoms with Gasteiger partial charge in [0, 0.05) is 34.0 Å². The molecule has 0 fully saturated rings. The Balaban J connectivity index is 1.63. The normalized spacial score (nSPS) is 12.6. The Kier molecular flexibility index (Phi) is 4.95. The number of hydrogen-bond acceptors (Lipinski definition) is 3. The molecule has 0 N–H and O–H groups in total. The highest BCUT2D eigenvalue weighted by Crippen LogP contribution is 2.34. The Bertz CT molecular complexity index is 1930. The Labute approximate surface area is 209 Å². The van der Waals surface area contributed by atoms with Gasteiger partial charge in [-0.1, -0.05) is 42.0 Å². The lowest BCUT2D eigenvalue weighted by Crippen LogP contribution is -2.12. The molecule has 6 nitrogen and oxygen atoms in total. The predicted molar refractivity (Wildman–Crippen MR) is 145 cm³/mol. The van der Waals surface area contributed by atoms with Crippen molar-refractivity contribution >= 4 is 43.7 Å². The zero-order valence-electron chi connectivity index (χ0n) is 20.6. The summed E-state index contributed by atoms with van der Waals surface area (Å²) in [7, 11) is -3.80. The minimum atomic E-state index is -3.80. The van der Waals surface area contributed by atoms with E-state index in [0.29, 0.717) is 11.0 Å². The van der Waals surface area contributed by atoms with E-state index in [2.05, 4.69) is 35.1 Å². The van der Waals surface area contributed by atoms with Gasteiger partial charge in [-0.05, 0) is 70.2 Å². The van der Waals surface area contributed by atoms with Crippen molar-refractivity contribution in [3.63, 3.8) is 0 Å². The van der Waals surface area contributed by atoms with Crippen molar-refractivity contribution in [2.75, 3.05) is 0 Å². The summed E-state index contributed by atoms with van der Waals surface area (Å²) in [5.41, 5.74) is 6.31. The summed E-state index contributed by atoms with van der Waals surface area (Å²) in [6, 6.07) is 20.6. The summed E-state index contributed by atoms with van der Waals surface area (Å²) in [6.45, 7) is 8.04. The Morgan fingerprint density at radius 2 is 1.58 bits per heavy atom. The van der Waals surface area contributed by atoms with Gasteiger partial charge in [0.1, 0.15) is 0 Å². The van der Waals surface area contributed by atoms with E-state index in [0.717, 1.165) is 44.9 Å². The van der Waals surface area contributed by atoms with Gasteiger partial charge in [-0.3, -0.25) is 8.97 Å². The number of fused-ring (bicyclic) bond motifs is 4. The number of benzene rings is 3. The number of hydrogen-bond donors (Lipinski definition) is 0. The lowest BCUT2D eigenvalue weighted by Gasteiger charge is -2.10. The molecule has 6 aromatic rings. The van der Waals surface area contributed by atoms with Crippen molar-refractivity contribution in [3.05, 3.63) is 102 Å². The minimum Gasteiger partial charge on any atom is -0.287 e. The van der Waals surface area contributed by atoms with Crippen LogP contribution in [-0.4, -0.2) is 26.3 Å². The molecule has 7 heteroatoms. The summed E-state index contributed by atoms with van der Waals surface area (Å²) in [5, 5.41) is 1.77. The second-order valence-corrected chi connectivity index (χ2v) is 10.9. The van der Waals surface area contributed by atoms with Crippen molar-refractivity contribution in [2.24, 2.45) is 0 Å². The molecule has 0 radical (unpaired) electrons. The molecular weight excluding hydrogens is 468 g/mol. The van der Waals surface area contributed by atoms with Crippen LogP contribution in [0.2, 0.25) is 0 Å². The molecular formula is C29H26N4O2S. The van der Waals surface area contributed by atoms with Gasteiger partial charge >= 0.3 is 0 Å². The molecule has 0 unspecified atom stereocenters. The highest BCUT2D eigenvalue weighted by molar-refractivity contribution is 7.90. The van der Waals surface area contributed by atoms with E-state index in [1.807, 2.05) is 74.5 Å². The largest absolute Gasteiger partial charge is 0.287 e. The van der Waals surface area contributed by atoms with Gasteiger partial charge < -0.3 is 0 Å². The Morgan fingerprint density at radius 3 is 2.33 bits per heavy atom. The molecule has 0 saturated carbocycles. The lowest BCUT2D eigenvalue weighted by molar-refractivity contribution is 0.590. The molecule has 3 aromatic heterocycles. The SMILES string of the molecule is CC=Cc1nc2n(-c3ccc4c(c3)c3ccccc3n4S(=O)(=O)c3ccc(C)cc3)c(C)cn2c1C. The quantitative estimate of drug-likeness (QED) is 0.284. The van der Waals surface area contributed by atoms with E-state index in [1.165, 1.54) is 3.97 Å². The number of aryl methyl sites for hydroxylation is 3.